The Morgan fingerprint density at radius 1 is 1.35 bits per heavy atom. The van der Waals surface area contributed by atoms with Gasteiger partial charge in [0.1, 0.15) is 0 Å². The molecule has 1 fully saturated rings. The van der Waals surface area contributed by atoms with Gasteiger partial charge in [0.2, 0.25) is 0 Å². The van der Waals surface area contributed by atoms with E-state index in [1.54, 1.807) is 12.4 Å². The molecule has 0 aromatic carbocycles. The molecule has 0 saturated carbocycles. The maximum absolute atomic E-state index is 12.0. The number of aromatic nitrogens is 2. The van der Waals surface area contributed by atoms with Crippen LogP contribution in [0.1, 0.15) is 24.3 Å². The maximum Gasteiger partial charge on any atom is 0.422 e. The normalized spacial score (nSPS) is 17.1. The van der Waals surface area contributed by atoms with Crippen molar-refractivity contribution in [3.8, 4) is 0 Å². The van der Waals surface area contributed by atoms with Crippen molar-refractivity contribution in [1.29, 1.82) is 0 Å². The summed E-state index contributed by atoms with van der Waals surface area (Å²) in [6, 6.07) is 1.86. The lowest BCUT2D eigenvalue weighted by atomic mass is 9.91. The molecule has 1 aliphatic rings. The van der Waals surface area contributed by atoms with Gasteiger partial charge >= 0.3 is 12.3 Å². The van der Waals surface area contributed by atoms with Gasteiger partial charge in [-0.15, -0.1) is 0 Å². The summed E-state index contributed by atoms with van der Waals surface area (Å²) in [7, 11) is 0. The Kier molecular flexibility index (Phi) is 4.41. The van der Waals surface area contributed by atoms with Gasteiger partial charge in [-0.3, -0.25) is 0 Å². The number of hydrogen-bond donors (Lipinski definition) is 0. The number of amides is 1. The zero-order valence-corrected chi connectivity index (χ0v) is 10.6. The van der Waals surface area contributed by atoms with E-state index >= 15 is 0 Å². The predicted octanol–water partition coefficient (Wildman–Crippen LogP) is 2.35. The molecule has 110 valence electrons. The number of piperidine rings is 1. The van der Waals surface area contributed by atoms with Gasteiger partial charge < -0.3 is 9.64 Å². The minimum atomic E-state index is -4.49. The van der Waals surface area contributed by atoms with Crippen molar-refractivity contribution in [2.75, 3.05) is 19.7 Å². The molecule has 0 unspecified atom stereocenters. The highest BCUT2D eigenvalue weighted by atomic mass is 19.4. The molecule has 5 nitrogen and oxygen atoms in total. The lowest BCUT2D eigenvalue weighted by molar-refractivity contribution is -0.162. The van der Waals surface area contributed by atoms with E-state index in [-0.39, 0.29) is 5.92 Å². The van der Waals surface area contributed by atoms with Gasteiger partial charge in [-0.2, -0.15) is 23.4 Å². The second-order valence-electron chi connectivity index (χ2n) is 4.61. The molecule has 2 heterocycles. The molecule has 0 spiro atoms. The topological polar surface area (TPSA) is 55.3 Å². The Labute approximate surface area is 113 Å². The molecule has 8 heteroatoms. The van der Waals surface area contributed by atoms with E-state index in [2.05, 4.69) is 14.9 Å². The highest BCUT2D eigenvalue weighted by Crippen LogP contribution is 2.27. The fourth-order valence-electron chi connectivity index (χ4n) is 2.17. The van der Waals surface area contributed by atoms with Crippen LogP contribution in [-0.2, 0) is 4.74 Å². The quantitative estimate of drug-likeness (QED) is 0.838. The standard InChI is InChI=1S/C12H14F3N3O2/c13-12(14,15)8-20-11(19)18-5-2-9(3-6-18)10-1-4-16-17-7-10/h1,4,7,9H,2-3,5-6,8H2. The number of carbonyl (C=O) groups excluding carboxylic acids is 1. The first-order valence-electron chi connectivity index (χ1n) is 6.21. The van der Waals surface area contributed by atoms with Gasteiger partial charge in [0.15, 0.2) is 6.61 Å². The molecule has 1 aromatic heterocycles. The fraction of sp³-hybridized carbons (Fsp3) is 0.583. The first kappa shape index (κ1) is 14.5. The van der Waals surface area contributed by atoms with Gasteiger partial charge in [-0.1, -0.05) is 0 Å². The highest BCUT2D eigenvalue weighted by Gasteiger charge is 2.32. The van der Waals surface area contributed by atoms with Crippen molar-refractivity contribution in [1.82, 2.24) is 15.1 Å². The predicted molar refractivity (Wildman–Crippen MR) is 63.0 cm³/mol. The van der Waals surface area contributed by atoms with Crippen LogP contribution in [0.5, 0.6) is 0 Å². The third-order valence-electron chi connectivity index (χ3n) is 3.19. The number of likely N-dealkylation sites (tertiary alicyclic amines) is 1. The number of alkyl halides is 3. The summed E-state index contributed by atoms with van der Waals surface area (Å²) >= 11 is 0. The second kappa shape index (κ2) is 6.06. The van der Waals surface area contributed by atoms with Crippen LogP contribution in [0.25, 0.3) is 0 Å². The van der Waals surface area contributed by atoms with Gasteiger partial charge in [-0.05, 0) is 30.4 Å². The summed E-state index contributed by atoms with van der Waals surface area (Å²) in [5.74, 6) is 0.247. The summed E-state index contributed by atoms with van der Waals surface area (Å²) in [6.07, 6.45) is -0.786. The van der Waals surface area contributed by atoms with Crippen LogP contribution < -0.4 is 0 Å². The van der Waals surface area contributed by atoms with Crippen molar-refractivity contribution >= 4 is 6.09 Å². The van der Waals surface area contributed by atoms with E-state index in [1.165, 1.54) is 4.90 Å². The van der Waals surface area contributed by atoms with Crippen LogP contribution in [0.4, 0.5) is 18.0 Å². The average Bonchev–Trinajstić information content (AvgIpc) is 2.45. The van der Waals surface area contributed by atoms with E-state index in [9.17, 15) is 18.0 Å². The van der Waals surface area contributed by atoms with Crippen LogP contribution in [0.3, 0.4) is 0 Å². The van der Waals surface area contributed by atoms with Gasteiger partial charge in [0.05, 0.1) is 6.20 Å². The van der Waals surface area contributed by atoms with Crippen molar-refractivity contribution in [3.05, 3.63) is 24.0 Å². The minimum absolute atomic E-state index is 0.247. The lowest BCUT2D eigenvalue weighted by Crippen LogP contribution is -2.39. The van der Waals surface area contributed by atoms with E-state index in [1.807, 2.05) is 6.07 Å². The Bertz CT molecular complexity index is 445. The summed E-state index contributed by atoms with van der Waals surface area (Å²) in [6.45, 7) is -0.784. The Morgan fingerprint density at radius 3 is 2.60 bits per heavy atom. The molecule has 0 bridgehead atoms. The molecular formula is C12H14F3N3O2. The fourth-order valence-corrected chi connectivity index (χ4v) is 2.17. The molecule has 1 saturated heterocycles. The molecule has 20 heavy (non-hydrogen) atoms. The number of ether oxygens (including phenoxy) is 1. The summed E-state index contributed by atoms with van der Waals surface area (Å²) < 4.78 is 40.1. The van der Waals surface area contributed by atoms with E-state index < -0.39 is 18.9 Å². The summed E-state index contributed by atoms with van der Waals surface area (Å²) in [4.78, 5) is 12.8. The van der Waals surface area contributed by atoms with E-state index in [4.69, 9.17) is 0 Å². The molecule has 0 N–H and O–H groups in total. The lowest BCUT2D eigenvalue weighted by Gasteiger charge is -2.31. The summed E-state index contributed by atoms with van der Waals surface area (Å²) in [5.41, 5.74) is 1.03. The van der Waals surface area contributed by atoms with Crippen molar-refractivity contribution in [3.63, 3.8) is 0 Å². The molecule has 1 aromatic rings. The Balaban J connectivity index is 1.81. The van der Waals surface area contributed by atoms with Crippen LogP contribution in [0.2, 0.25) is 0 Å². The molecule has 0 radical (unpaired) electrons. The molecule has 2 rings (SSSR count). The number of carbonyl (C=O) groups is 1. The third kappa shape index (κ3) is 4.07. The molecule has 0 atom stereocenters. The maximum atomic E-state index is 12.0. The van der Waals surface area contributed by atoms with Crippen LogP contribution in [0.15, 0.2) is 18.5 Å². The van der Waals surface area contributed by atoms with E-state index in [0.717, 1.165) is 5.56 Å². The number of nitrogens with zero attached hydrogens (tertiary/aromatic N) is 3. The van der Waals surface area contributed by atoms with Crippen LogP contribution in [-0.4, -0.2) is 47.1 Å². The first-order valence-corrected chi connectivity index (χ1v) is 6.21. The Morgan fingerprint density at radius 2 is 2.05 bits per heavy atom. The zero-order chi connectivity index (χ0) is 14.6. The second-order valence-corrected chi connectivity index (χ2v) is 4.61. The molecule has 1 aliphatic heterocycles. The molecule has 0 aliphatic carbocycles. The van der Waals surface area contributed by atoms with Gasteiger partial charge in [0, 0.05) is 19.3 Å². The number of rotatable bonds is 2. The zero-order valence-electron chi connectivity index (χ0n) is 10.6. The smallest absolute Gasteiger partial charge is 0.422 e. The minimum Gasteiger partial charge on any atom is -0.440 e. The Hall–Kier alpha value is -1.86. The van der Waals surface area contributed by atoms with Crippen LogP contribution >= 0.6 is 0 Å². The van der Waals surface area contributed by atoms with Crippen LogP contribution in [0, 0.1) is 0 Å². The van der Waals surface area contributed by atoms with Gasteiger partial charge in [0.25, 0.3) is 0 Å². The monoisotopic (exact) mass is 289 g/mol. The average molecular weight is 289 g/mol. The molecule has 1 amide bonds. The van der Waals surface area contributed by atoms with Gasteiger partial charge in [-0.25, -0.2) is 4.79 Å². The van der Waals surface area contributed by atoms with E-state index in [0.29, 0.717) is 25.9 Å². The first-order chi connectivity index (χ1) is 9.46. The largest absolute Gasteiger partial charge is 0.440 e. The molecular weight excluding hydrogens is 275 g/mol. The SMILES string of the molecule is O=C(OCC(F)(F)F)N1CCC(c2ccnnc2)CC1. The summed E-state index contributed by atoms with van der Waals surface area (Å²) in [5, 5.41) is 7.48. The number of hydrogen-bond acceptors (Lipinski definition) is 4. The van der Waals surface area contributed by atoms with Crippen molar-refractivity contribution in [2.24, 2.45) is 0 Å². The van der Waals surface area contributed by atoms with Crippen molar-refractivity contribution in [2.45, 2.75) is 24.9 Å². The third-order valence-corrected chi connectivity index (χ3v) is 3.19. The van der Waals surface area contributed by atoms with Crippen molar-refractivity contribution < 1.29 is 22.7 Å². The number of halogens is 3. The highest BCUT2D eigenvalue weighted by molar-refractivity contribution is 5.67.